The Kier molecular flexibility index (Phi) is 3.26. The molecule has 1 saturated carbocycles. The number of nitrogens with zero attached hydrogens (tertiary/aromatic N) is 2. The second-order valence-electron chi connectivity index (χ2n) is 5.30. The normalized spacial score (nSPS) is 25.1. The molecule has 0 aromatic heterocycles. The van der Waals surface area contributed by atoms with E-state index < -0.39 is 0 Å². The lowest BCUT2D eigenvalue weighted by molar-refractivity contribution is -0.130. The molecule has 1 heterocycles. The van der Waals surface area contributed by atoms with Crippen LogP contribution in [0.1, 0.15) is 30.7 Å². The fourth-order valence-electron chi connectivity index (χ4n) is 2.51. The molecule has 0 spiro atoms. The van der Waals surface area contributed by atoms with Gasteiger partial charge in [0, 0.05) is 31.8 Å². The Labute approximate surface area is 117 Å². The maximum atomic E-state index is 12.1. The van der Waals surface area contributed by atoms with E-state index in [1.54, 1.807) is 7.05 Å². The van der Waals surface area contributed by atoms with E-state index in [4.69, 9.17) is 0 Å². The van der Waals surface area contributed by atoms with E-state index in [9.17, 15) is 9.59 Å². The van der Waals surface area contributed by atoms with Gasteiger partial charge in [0.25, 0.3) is 5.91 Å². The highest BCUT2D eigenvalue weighted by atomic mass is 16.2. The molecule has 2 atom stereocenters. The van der Waals surface area contributed by atoms with Crippen LogP contribution >= 0.6 is 0 Å². The summed E-state index contributed by atoms with van der Waals surface area (Å²) in [5, 5.41) is 8.28. The Bertz CT molecular complexity index is 568. The van der Waals surface area contributed by atoms with Crippen molar-refractivity contribution < 1.29 is 9.59 Å². The van der Waals surface area contributed by atoms with Crippen molar-refractivity contribution in [1.82, 2.24) is 10.3 Å². The third kappa shape index (κ3) is 2.57. The van der Waals surface area contributed by atoms with E-state index in [0.717, 1.165) is 6.42 Å². The number of hydrogen-bond donors (Lipinski definition) is 1. The van der Waals surface area contributed by atoms with Crippen molar-refractivity contribution in [3.8, 4) is 0 Å². The quantitative estimate of drug-likeness (QED) is 0.899. The number of carbonyl (C=O) groups is 2. The minimum atomic E-state index is -0.146. The summed E-state index contributed by atoms with van der Waals surface area (Å²) in [6.45, 7) is 0. The zero-order valence-corrected chi connectivity index (χ0v) is 11.4. The van der Waals surface area contributed by atoms with Gasteiger partial charge in [-0.05, 0) is 12.0 Å². The van der Waals surface area contributed by atoms with Gasteiger partial charge in [-0.25, -0.2) is 5.01 Å². The van der Waals surface area contributed by atoms with Gasteiger partial charge < -0.3 is 5.32 Å². The summed E-state index contributed by atoms with van der Waals surface area (Å²) in [4.78, 5) is 23.4. The maximum absolute atomic E-state index is 12.1. The molecule has 0 unspecified atom stereocenters. The van der Waals surface area contributed by atoms with Crippen LogP contribution in [-0.4, -0.2) is 35.6 Å². The third-order valence-corrected chi connectivity index (χ3v) is 3.80. The van der Waals surface area contributed by atoms with Gasteiger partial charge in [0.05, 0.1) is 0 Å². The van der Waals surface area contributed by atoms with Crippen LogP contribution in [-0.2, 0) is 9.59 Å². The van der Waals surface area contributed by atoms with E-state index in [1.807, 2.05) is 18.2 Å². The van der Waals surface area contributed by atoms with Crippen molar-refractivity contribution in [2.45, 2.75) is 31.2 Å². The fraction of sp³-hybridized carbons (Fsp3) is 0.400. The highest BCUT2D eigenvalue weighted by Crippen LogP contribution is 2.40. The number of rotatable bonds is 3. The highest BCUT2D eigenvalue weighted by Gasteiger charge is 2.40. The van der Waals surface area contributed by atoms with Gasteiger partial charge in [0.2, 0.25) is 5.91 Å². The topological polar surface area (TPSA) is 61.8 Å². The molecule has 1 aromatic carbocycles. The number of hydrazone groups is 1. The average Bonchev–Trinajstić information content (AvgIpc) is 3.22. The Balaban J connectivity index is 1.59. The molecule has 20 heavy (non-hydrogen) atoms. The van der Waals surface area contributed by atoms with E-state index in [0.29, 0.717) is 24.5 Å². The molecule has 104 valence electrons. The molecule has 5 nitrogen and oxygen atoms in total. The van der Waals surface area contributed by atoms with Gasteiger partial charge in [0.1, 0.15) is 5.71 Å². The lowest BCUT2D eigenvalue weighted by Crippen LogP contribution is -2.38. The first-order valence-electron chi connectivity index (χ1n) is 6.85. The zero-order chi connectivity index (χ0) is 14.1. The van der Waals surface area contributed by atoms with E-state index in [-0.39, 0.29) is 17.9 Å². The number of nitrogens with one attached hydrogen (secondary N) is 1. The molecule has 0 bridgehead atoms. The minimum absolute atomic E-state index is 0.0462. The SMILES string of the molecule is CN1N=C(C(=O)N[C@H]2C[C@@H]2c2ccccc2)CCC1=O. The van der Waals surface area contributed by atoms with Crippen LogP contribution in [0.4, 0.5) is 0 Å². The molecule has 0 radical (unpaired) electrons. The predicted molar refractivity (Wildman–Crippen MR) is 75.2 cm³/mol. The summed E-state index contributed by atoms with van der Waals surface area (Å²) in [5.41, 5.74) is 1.71. The zero-order valence-electron chi connectivity index (χ0n) is 11.4. The van der Waals surface area contributed by atoms with Crippen molar-refractivity contribution in [2.24, 2.45) is 5.10 Å². The predicted octanol–water partition coefficient (Wildman–Crippen LogP) is 1.27. The molecule has 1 aromatic rings. The molecular formula is C15H17N3O2. The van der Waals surface area contributed by atoms with Crippen LogP contribution in [0.25, 0.3) is 0 Å². The lowest BCUT2D eigenvalue weighted by atomic mass is 10.1. The van der Waals surface area contributed by atoms with E-state index in [2.05, 4.69) is 22.6 Å². The van der Waals surface area contributed by atoms with Gasteiger partial charge in [-0.15, -0.1) is 0 Å². The average molecular weight is 271 g/mol. The molecule has 0 saturated heterocycles. The summed E-state index contributed by atoms with van der Waals surface area (Å²) < 4.78 is 0. The van der Waals surface area contributed by atoms with Crippen LogP contribution in [0, 0.1) is 0 Å². The molecule has 1 aliphatic heterocycles. The molecule has 5 heteroatoms. The van der Waals surface area contributed by atoms with Crippen molar-refractivity contribution in [2.75, 3.05) is 7.05 Å². The highest BCUT2D eigenvalue weighted by molar-refractivity contribution is 6.39. The number of hydrogen-bond acceptors (Lipinski definition) is 3. The van der Waals surface area contributed by atoms with E-state index >= 15 is 0 Å². The molecule has 2 aliphatic rings. The number of carbonyl (C=O) groups excluding carboxylic acids is 2. The third-order valence-electron chi connectivity index (χ3n) is 3.80. The van der Waals surface area contributed by atoms with Crippen LogP contribution in [0.3, 0.4) is 0 Å². The molecule has 1 aliphatic carbocycles. The lowest BCUT2D eigenvalue weighted by Gasteiger charge is -2.18. The molecular weight excluding hydrogens is 254 g/mol. The van der Waals surface area contributed by atoms with Crippen LogP contribution < -0.4 is 5.32 Å². The van der Waals surface area contributed by atoms with Crippen molar-refractivity contribution >= 4 is 17.5 Å². The fourth-order valence-corrected chi connectivity index (χ4v) is 2.51. The standard InChI is InChI=1S/C15H17N3O2/c1-18-14(19)8-7-12(17-18)15(20)16-13-9-11(13)10-5-3-2-4-6-10/h2-6,11,13H,7-9H2,1H3,(H,16,20)/t11-,13+/m1/s1. The van der Waals surface area contributed by atoms with Gasteiger partial charge in [-0.2, -0.15) is 5.10 Å². The van der Waals surface area contributed by atoms with Crippen LogP contribution in [0.15, 0.2) is 35.4 Å². The first-order valence-corrected chi connectivity index (χ1v) is 6.85. The van der Waals surface area contributed by atoms with E-state index in [1.165, 1.54) is 10.6 Å². The first kappa shape index (κ1) is 12.8. The Morgan fingerprint density at radius 2 is 2.05 bits per heavy atom. The second-order valence-corrected chi connectivity index (χ2v) is 5.30. The van der Waals surface area contributed by atoms with Gasteiger partial charge in [0.15, 0.2) is 0 Å². The maximum Gasteiger partial charge on any atom is 0.267 e. The van der Waals surface area contributed by atoms with Gasteiger partial charge in [-0.1, -0.05) is 30.3 Å². The van der Waals surface area contributed by atoms with Crippen molar-refractivity contribution in [1.29, 1.82) is 0 Å². The van der Waals surface area contributed by atoms with Crippen LogP contribution in [0.2, 0.25) is 0 Å². The van der Waals surface area contributed by atoms with Gasteiger partial charge >= 0.3 is 0 Å². The van der Waals surface area contributed by atoms with Crippen molar-refractivity contribution in [3.63, 3.8) is 0 Å². The summed E-state index contributed by atoms with van der Waals surface area (Å²) in [5.74, 6) is 0.214. The summed E-state index contributed by atoms with van der Waals surface area (Å²) in [6.07, 6.45) is 1.76. The van der Waals surface area contributed by atoms with Crippen molar-refractivity contribution in [3.05, 3.63) is 35.9 Å². The Morgan fingerprint density at radius 3 is 2.75 bits per heavy atom. The number of benzene rings is 1. The Hall–Kier alpha value is -2.17. The minimum Gasteiger partial charge on any atom is -0.348 e. The largest absolute Gasteiger partial charge is 0.348 e. The summed E-state index contributed by atoms with van der Waals surface area (Å²) in [6, 6.07) is 10.4. The molecule has 1 N–H and O–H groups in total. The molecule has 2 amide bonds. The van der Waals surface area contributed by atoms with Crippen LogP contribution in [0.5, 0.6) is 0 Å². The molecule has 1 fully saturated rings. The number of amides is 2. The summed E-state index contributed by atoms with van der Waals surface area (Å²) >= 11 is 0. The molecule has 3 rings (SSSR count). The smallest absolute Gasteiger partial charge is 0.267 e. The Morgan fingerprint density at radius 1 is 1.30 bits per heavy atom. The second kappa shape index (κ2) is 5.07. The summed E-state index contributed by atoms with van der Waals surface area (Å²) in [7, 11) is 1.58. The monoisotopic (exact) mass is 271 g/mol. The first-order chi connectivity index (χ1) is 9.65. The van der Waals surface area contributed by atoms with Gasteiger partial charge in [-0.3, -0.25) is 9.59 Å².